The maximum atomic E-state index is 12.5. The van der Waals surface area contributed by atoms with E-state index in [4.69, 9.17) is 5.26 Å². The number of nitrogens with one attached hydrogen (secondary N) is 1. The molecule has 0 aliphatic heterocycles. The molecule has 0 radical (unpaired) electrons. The number of anilines is 1. The normalized spacial score (nSPS) is 10.8. The Bertz CT molecular complexity index is 916. The molecular formula is C19H21N3O3S. The first-order valence-corrected chi connectivity index (χ1v) is 9.74. The standard InChI is InChI=1S/C19H21N3O3S/c1-3-4-12-22(2)19(23)16-8-10-18(11-9-16)26(24,25)21-17-7-5-6-15(13-17)14-20/h5-11,13,21H,3-4,12H2,1-2H3. The largest absolute Gasteiger partial charge is 0.342 e. The Morgan fingerprint density at radius 2 is 1.88 bits per heavy atom. The van der Waals surface area contributed by atoms with Gasteiger partial charge >= 0.3 is 0 Å². The molecule has 0 aliphatic rings. The number of carbonyl (C=O) groups is 1. The summed E-state index contributed by atoms with van der Waals surface area (Å²) in [5.74, 6) is -0.142. The van der Waals surface area contributed by atoms with Gasteiger partial charge in [-0.1, -0.05) is 19.4 Å². The summed E-state index contributed by atoms with van der Waals surface area (Å²) >= 11 is 0. The van der Waals surface area contributed by atoms with Crippen molar-refractivity contribution in [3.05, 3.63) is 59.7 Å². The predicted molar refractivity (Wildman–Crippen MR) is 100 cm³/mol. The van der Waals surface area contributed by atoms with E-state index in [2.05, 4.69) is 11.6 Å². The lowest BCUT2D eigenvalue weighted by Crippen LogP contribution is -2.27. The average Bonchev–Trinajstić information content (AvgIpc) is 2.65. The fraction of sp³-hybridized carbons (Fsp3) is 0.263. The third-order valence-corrected chi connectivity index (χ3v) is 5.25. The SMILES string of the molecule is CCCCN(C)C(=O)c1ccc(S(=O)(=O)Nc2cccc(C#N)c2)cc1. The number of hydrogen-bond donors (Lipinski definition) is 1. The summed E-state index contributed by atoms with van der Waals surface area (Å²) in [7, 11) is -2.07. The Morgan fingerprint density at radius 1 is 1.19 bits per heavy atom. The van der Waals surface area contributed by atoms with Crippen LogP contribution < -0.4 is 4.72 Å². The molecule has 1 N–H and O–H groups in total. The topological polar surface area (TPSA) is 90.3 Å². The summed E-state index contributed by atoms with van der Waals surface area (Å²) in [5, 5.41) is 8.90. The van der Waals surface area contributed by atoms with Gasteiger partial charge in [-0.25, -0.2) is 8.42 Å². The third-order valence-electron chi connectivity index (χ3n) is 3.85. The number of rotatable bonds is 7. The Morgan fingerprint density at radius 3 is 2.50 bits per heavy atom. The van der Waals surface area contributed by atoms with Gasteiger partial charge in [-0.05, 0) is 48.9 Å². The van der Waals surface area contributed by atoms with Gasteiger partial charge in [0.2, 0.25) is 0 Å². The lowest BCUT2D eigenvalue weighted by molar-refractivity contribution is 0.0793. The van der Waals surface area contributed by atoms with Crippen molar-refractivity contribution in [2.24, 2.45) is 0 Å². The van der Waals surface area contributed by atoms with E-state index in [1.807, 2.05) is 6.07 Å². The highest BCUT2D eigenvalue weighted by Crippen LogP contribution is 2.18. The number of amides is 1. The quantitative estimate of drug-likeness (QED) is 0.809. The van der Waals surface area contributed by atoms with Crippen molar-refractivity contribution in [1.82, 2.24) is 4.90 Å². The zero-order valence-corrected chi connectivity index (χ0v) is 15.6. The van der Waals surface area contributed by atoms with E-state index in [0.29, 0.717) is 23.4 Å². The fourth-order valence-electron chi connectivity index (χ4n) is 2.36. The summed E-state index contributed by atoms with van der Waals surface area (Å²) in [5.41, 5.74) is 1.11. The number of unbranched alkanes of at least 4 members (excludes halogenated alkanes) is 1. The number of nitriles is 1. The molecule has 0 aromatic heterocycles. The summed E-state index contributed by atoms with van der Waals surface area (Å²) in [6.45, 7) is 2.71. The Hall–Kier alpha value is -2.85. The van der Waals surface area contributed by atoms with E-state index < -0.39 is 10.0 Å². The maximum Gasteiger partial charge on any atom is 0.261 e. The second-order valence-corrected chi connectivity index (χ2v) is 7.59. The van der Waals surface area contributed by atoms with E-state index >= 15 is 0 Å². The minimum absolute atomic E-state index is 0.0487. The summed E-state index contributed by atoms with van der Waals surface area (Å²) in [6, 6.07) is 14.0. The van der Waals surface area contributed by atoms with Gasteiger partial charge < -0.3 is 4.90 Å². The first-order valence-electron chi connectivity index (χ1n) is 8.26. The second-order valence-electron chi connectivity index (χ2n) is 5.90. The van der Waals surface area contributed by atoms with Crippen LogP contribution in [-0.4, -0.2) is 32.8 Å². The molecule has 26 heavy (non-hydrogen) atoms. The van der Waals surface area contributed by atoms with Gasteiger partial charge in [0.15, 0.2) is 0 Å². The zero-order chi connectivity index (χ0) is 19.2. The molecule has 6 nitrogen and oxygen atoms in total. The molecule has 2 aromatic rings. The first-order chi connectivity index (χ1) is 12.4. The first kappa shape index (κ1) is 19.5. The van der Waals surface area contributed by atoms with Crippen LogP contribution in [0.25, 0.3) is 0 Å². The molecule has 0 atom stereocenters. The molecule has 0 unspecified atom stereocenters. The molecule has 0 saturated heterocycles. The van der Waals surface area contributed by atoms with Crippen molar-refractivity contribution in [3.63, 3.8) is 0 Å². The van der Waals surface area contributed by atoms with Gasteiger partial charge in [0.1, 0.15) is 0 Å². The van der Waals surface area contributed by atoms with Gasteiger partial charge in [0.05, 0.1) is 22.2 Å². The molecule has 0 fully saturated rings. The van der Waals surface area contributed by atoms with Crippen LogP contribution in [0.2, 0.25) is 0 Å². The van der Waals surface area contributed by atoms with Gasteiger partial charge in [-0.2, -0.15) is 5.26 Å². The third kappa shape index (κ3) is 4.83. The van der Waals surface area contributed by atoms with Gasteiger partial charge in [0.25, 0.3) is 15.9 Å². The van der Waals surface area contributed by atoms with Crippen LogP contribution in [0.4, 0.5) is 5.69 Å². The lowest BCUT2D eigenvalue weighted by atomic mass is 10.2. The van der Waals surface area contributed by atoms with Crippen molar-refractivity contribution in [1.29, 1.82) is 5.26 Å². The van der Waals surface area contributed by atoms with Gasteiger partial charge in [-0.15, -0.1) is 0 Å². The van der Waals surface area contributed by atoms with Crippen molar-refractivity contribution in [3.8, 4) is 6.07 Å². The highest BCUT2D eigenvalue weighted by atomic mass is 32.2. The molecule has 0 spiro atoms. The molecule has 7 heteroatoms. The number of benzene rings is 2. The smallest absolute Gasteiger partial charge is 0.261 e. The van der Waals surface area contributed by atoms with Gasteiger partial charge in [-0.3, -0.25) is 9.52 Å². The van der Waals surface area contributed by atoms with Crippen molar-refractivity contribution >= 4 is 21.6 Å². The lowest BCUT2D eigenvalue weighted by Gasteiger charge is -2.17. The Balaban J connectivity index is 2.15. The van der Waals surface area contributed by atoms with E-state index in [1.54, 1.807) is 30.1 Å². The Labute approximate surface area is 154 Å². The number of nitrogens with zero attached hydrogens (tertiary/aromatic N) is 2. The molecular weight excluding hydrogens is 350 g/mol. The number of carbonyl (C=O) groups excluding carboxylic acids is 1. The van der Waals surface area contributed by atoms with Crippen molar-refractivity contribution in [2.75, 3.05) is 18.3 Å². The van der Waals surface area contributed by atoms with Crippen LogP contribution in [-0.2, 0) is 10.0 Å². The van der Waals surface area contributed by atoms with Gasteiger partial charge in [0, 0.05) is 19.2 Å². The molecule has 2 rings (SSSR count). The molecule has 136 valence electrons. The molecule has 0 saturated carbocycles. The minimum atomic E-state index is -3.80. The molecule has 2 aromatic carbocycles. The van der Waals surface area contributed by atoms with Crippen LogP contribution in [0.5, 0.6) is 0 Å². The summed E-state index contributed by atoms with van der Waals surface area (Å²) in [4.78, 5) is 14.0. The highest BCUT2D eigenvalue weighted by molar-refractivity contribution is 7.92. The second kappa shape index (κ2) is 8.50. The summed E-state index contributed by atoms with van der Waals surface area (Å²) < 4.78 is 27.4. The Kier molecular flexibility index (Phi) is 6.36. The maximum absolute atomic E-state index is 12.5. The molecule has 0 bridgehead atoms. The fourth-order valence-corrected chi connectivity index (χ4v) is 3.41. The van der Waals surface area contributed by atoms with Crippen molar-refractivity contribution in [2.45, 2.75) is 24.7 Å². The van der Waals surface area contributed by atoms with Crippen LogP contribution in [0.15, 0.2) is 53.4 Å². The number of sulfonamides is 1. The van der Waals surface area contributed by atoms with Crippen LogP contribution in [0.1, 0.15) is 35.7 Å². The van der Waals surface area contributed by atoms with E-state index in [0.717, 1.165) is 12.8 Å². The average molecular weight is 371 g/mol. The summed E-state index contributed by atoms with van der Waals surface area (Å²) in [6.07, 6.45) is 1.91. The van der Waals surface area contributed by atoms with E-state index in [1.165, 1.54) is 30.3 Å². The molecule has 0 aliphatic carbocycles. The van der Waals surface area contributed by atoms with Crippen LogP contribution >= 0.6 is 0 Å². The van der Waals surface area contributed by atoms with E-state index in [9.17, 15) is 13.2 Å². The van der Waals surface area contributed by atoms with E-state index in [-0.39, 0.29) is 10.8 Å². The monoisotopic (exact) mass is 371 g/mol. The molecule has 1 amide bonds. The predicted octanol–water partition coefficient (Wildman–Crippen LogP) is 3.23. The van der Waals surface area contributed by atoms with Crippen molar-refractivity contribution < 1.29 is 13.2 Å². The number of hydrogen-bond acceptors (Lipinski definition) is 4. The molecule has 0 heterocycles. The highest BCUT2D eigenvalue weighted by Gasteiger charge is 2.16. The zero-order valence-electron chi connectivity index (χ0n) is 14.8. The van der Waals surface area contributed by atoms with Crippen LogP contribution in [0.3, 0.4) is 0 Å². The van der Waals surface area contributed by atoms with Crippen LogP contribution in [0, 0.1) is 11.3 Å². The minimum Gasteiger partial charge on any atom is -0.342 e.